The predicted octanol–water partition coefficient (Wildman–Crippen LogP) is 2.26. The van der Waals surface area contributed by atoms with Crippen molar-refractivity contribution in [3.05, 3.63) is 48.2 Å². The molecule has 2 heterocycles. The van der Waals surface area contributed by atoms with E-state index in [2.05, 4.69) is 4.98 Å². The number of nitrogens with zero attached hydrogens (tertiary/aromatic N) is 2. The Morgan fingerprint density at radius 3 is 2.74 bits per heavy atom. The van der Waals surface area contributed by atoms with E-state index in [0.29, 0.717) is 24.5 Å². The van der Waals surface area contributed by atoms with E-state index >= 15 is 0 Å². The van der Waals surface area contributed by atoms with Gasteiger partial charge in [-0.15, -0.1) is 0 Å². The maximum atomic E-state index is 12.3. The van der Waals surface area contributed by atoms with Crippen LogP contribution in [0, 0.1) is 0 Å². The number of carbonyl (C=O) groups excluding carboxylic acids is 1. The number of fused-ring (bicyclic) bond motifs is 1. The second-order valence-corrected chi connectivity index (χ2v) is 4.41. The molecule has 0 aliphatic carbocycles. The molecule has 0 saturated heterocycles. The summed E-state index contributed by atoms with van der Waals surface area (Å²) in [5.41, 5.74) is 1.21. The highest BCUT2D eigenvalue weighted by atomic mass is 16.5. The van der Waals surface area contributed by atoms with Crippen molar-refractivity contribution in [1.82, 2.24) is 9.88 Å². The molecule has 0 atom stereocenters. The molecule has 0 bridgehead atoms. The van der Waals surface area contributed by atoms with Gasteiger partial charge in [0.1, 0.15) is 11.4 Å². The first kappa shape index (κ1) is 11.7. The zero-order chi connectivity index (χ0) is 13.2. The molecule has 1 aliphatic heterocycles. The van der Waals surface area contributed by atoms with Crippen LogP contribution >= 0.6 is 0 Å². The predicted molar refractivity (Wildman–Crippen MR) is 73.3 cm³/mol. The molecule has 4 nitrogen and oxygen atoms in total. The number of methoxy groups -OCH3 is 1. The fourth-order valence-electron chi connectivity index (χ4n) is 2.23. The first-order valence-corrected chi connectivity index (χ1v) is 6.17. The number of hydrogen-bond donors (Lipinski definition) is 0. The summed E-state index contributed by atoms with van der Waals surface area (Å²) in [5.74, 6) is 0.621. The fraction of sp³-hybridized carbons (Fsp3) is 0.200. The van der Waals surface area contributed by atoms with Crippen LogP contribution in [0.4, 0.5) is 0 Å². The Bertz CT molecular complexity index is 656. The molecule has 1 aromatic heterocycles. The van der Waals surface area contributed by atoms with Gasteiger partial charge >= 0.3 is 0 Å². The number of ether oxygens (including phenoxy) is 1. The van der Waals surface area contributed by atoms with Crippen molar-refractivity contribution in [2.24, 2.45) is 0 Å². The molecule has 0 N–H and O–H groups in total. The summed E-state index contributed by atoms with van der Waals surface area (Å²) in [6.07, 6.45) is 3.96. The van der Waals surface area contributed by atoms with Gasteiger partial charge in [0, 0.05) is 24.5 Å². The lowest BCUT2D eigenvalue weighted by Crippen LogP contribution is -2.29. The van der Waals surface area contributed by atoms with Gasteiger partial charge in [0.25, 0.3) is 5.91 Å². The van der Waals surface area contributed by atoms with Crippen LogP contribution in [0.5, 0.6) is 5.75 Å². The van der Waals surface area contributed by atoms with Crippen LogP contribution < -0.4 is 4.74 Å². The summed E-state index contributed by atoms with van der Waals surface area (Å²) in [6.45, 7) is 1.30. The lowest BCUT2D eigenvalue weighted by molar-refractivity contribution is 0.0794. The molecular weight excluding hydrogens is 240 g/mol. The third-order valence-electron chi connectivity index (χ3n) is 3.22. The van der Waals surface area contributed by atoms with E-state index in [4.69, 9.17) is 4.74 Å². The van der Waals surface area contributed by atoms with E-state index in [-0.39, 0.29) is 5.91 Å². The molecule has 0 fully saturated rings. The lowest BCUT2D eigenvalue weighted by atomic mass is 10.1. The van der Waals surface area contributed by atoms with E-state index < -0.39 is 0 Å². The van der Waals surface area contributed by atoms with E-state index in [1.54, 1.807) is 18.1 Å². The van der Waals surface area contributed by atoms with Crippen LogP contribution in [0.3, 0.4) is 0 Å². The Labute approximate surface area is 111 Å². The minimum absolute atomic E-state index is 0.0611. The Morgan fingerprint density at radius 1 is 1.26 bits per heavy atom. The van der Waals surface area contributed by atoms with Crippen molar-refractivity contribution in [1.29, 1.82) is 0 Å². The molecule has 1 aliphatic rings. The number of amides is 1. The molecule has 19 heavy (non-hydrogen) atoms. The van der Waals surface area contributed by atoms with E-state index in [1.807, 2.05) is 36.4 Å². The van der Waals surface area contributed by atoms with Gasteiger partial charge in [-0.1, -0.05) is 24.3 Å². The molecular formula is C15H14N2O2. The maximum absolute atomic E-state index is 12.3. The largest absolute Gasteiger partial charge is 0.496 e. The zero-order valence-corrected chi connectivity index (χ0v) is 10.7. The highest BCUT2D eigenvalue weighted by Gasteiger charge is 2.19. The number of pyridine rings is 1. The standard InChI is InChI=1S/C15H14N2O2/c1-19-14-10-13(15(18)17-8-4-5-9-17)16-12-7-3-2-6-11(12)14/h2-7,10H,8-9H2,1H3. The van der Waals surface area contributed by atoms with Gasteiger partial charge in [-0.25, -0.2) is 4.98 Å². The molecule has 0 saturated carbocycles. The zero-order valence-electron chi connectivity index (χ0n) is 10.7. The molecule has 0 unspecified atom stereocenters. The van der Waals surface area contributed by atoms with Gasteiger partial charge in [-0.05, 0) is 12.1 Å². The highest BCUT2D eigenvalue weighted by molar-refractivity contribution is 5.97. The normalized spacial score (nSPS) is 14.1. The first-order chi connectivity index (χ1) is 9.29. The van der Waals surface area contributed by atoms with Crippen LogP contribution in [0.25, 0.3) is 10.9 Å². The Balaban J connectivity index is 2.06. The van der Waals surface area contributed by atoms with Crippen molar-refractivity contribution >= 4 is 16.8 Å². The molecule has 96 valence electrons. The van der Waals surface area contributed by atoms with Gasteiger partial charge < -0.3 is 9.64 Å². The summed E-state index contributed by atoms with van der Waals surface area (Å²) in [4.78, 5) is 18.5. The average Bonchev–Trinajstić information content (AvgIpc) is 2.99. The fourth-order valence-corrected chi connectivity index (χ4v) is 2.23. The summed E-state index contributed by atoms with van der Waals surface area (Å²) in [5, 5.41) is 0.918. The smallest absolute Gasteiger partial charge is 0.273 e. The number of aromatic nitrogens is 1. The number of benzene rings is 1. The molecule has 1 amide bonds. The van der Waals surface area contributed by atoms with Gasteiger partial charge in [0.15, 0.2) is 0 Å². The number of hydrogen-bond acceptors (Lipinski definition) is 3. The number of carbonyl (C=O) groups is 1. The van der Waals surface area contributed by atoms with Crippen molar-refractivity contribution in [2.75, 3.05) is 20.2 Å². The minimum Gasteiger partial charge on any atom is -0.496 e. The van der Waals surface area contributed by atoms with Crippen LogP contribution in [0.1, 0.15) is 10.5 Å². The molecule has 2 aromatic rings. The Hall–Kier alpha value is -2.36. The minimum atomic E-state index is -0.0611. The van der Waals surface area contributed by atoms with E-state index in [0.717, 1.165) is 10.9 Å². The summed E-state index contributed by atoms with van der Waals surface area (Å²) in [7, 11) is 1.60. The van der Waals surface area contributed by atoms with Gasteiger partial charge in [0.2, 0.25) is 0 Å². The monoisotopic (exact) mass is 254 g/mol. The second-order valence-electron chi connectivity index (χ2n) is 4.41. The van der Waals surface area contributed by atoms with Crippen LogP contribution in [0.15, 0.2) is 42.5 Å². The van der Waals surface area contributed by atoms with E-state index in [1.165, 1.54) is 0 Å². The lowest BCUT2D eigenvalue weighted by Gasteiger charge is -2.15. The van der Waals surface area contributed by atoms with Crippen molar-refractivity contribution in [2.45, 2.75) is 0 Å². The molecule has 0 radical (unpaired) electrons. The van der Waals surface area contributed by atoms with Gasteiger partial charge in [0.05, 0.1) is 12.6 Å². The van der Waals surface area contributed by atoms with Crippen LogP contribution in [-0.2, 0) is 0 Å². The summed E-state index contributed by atoms with van der Waals surface area (Å²) in [6, 6.07) is 9.37. The second kappa shape index (κ2) is 4.72. The quantitative estimate of drug-likeness (QED) is 0.772. The maximum Gasteiger partial charge on any atom is 0.273 e. The average molecular weight is 254 g/mol. The topological polar surface area (TPSA) is 42.4 Å². The number of para-hydroxylation sites is 1. The van der Waals surface area contributed by atoms with Gasteiger partial charge in [-0.2, -0.15) is 0 Å². The number of rotatable bonds is 2. The summed E-state index contributed by atoms with van der Waals surface area (Å²) < 4.78 is 5.35. The SMILES string of the molecule is COc1cc(C(=O)N2CC=CC2)nc2ccccc12. The molecule has 3 rings (SSSR count). The third kappa shape index (κ3) is 2.05. The molecule has 4 heteroatoms. The molecule has 0 spiro atoms. The first-order valence-electron chi connectivity index (χ1n) is 6.17. The third-order valence-corrected chi connectivity index (χ3v) is 3.22. The van der Waals surface area contributed by atoms with Crippen molar-refractivity contribution in [3.8, 4) is 5.75 Å². The Kier molecular flexibility index (Phi) is 2.91. The highest BCUT2D eigenvalue weighted by Crippen LogP contribution is 2.25. The van der Waals surface area contributed by atoms with Crippen molar-refractivity contribution in [3.63, 3.8) is 0 Å². The Morgan fingerprint density at radius 2 is 2.00 bits per heavy atom. The van der Waals surface area contributed by atoms with E-state index in [9.17, 15) is 4.79 Å². The van der Waals surface area contributed by atoms with Crippen LogP contribution in [0.2, 0.25) is 0 Å². The van der Waals surface area contributed by atoms with Crippen molar-refractivity contribution < 1.29 is 9.53 Å². The van der Waals surface area contributed by atoms with Gasteiger partial charge in [-0.3, -0.25) is 4.79 Å². The molecule has 1 aromatic carbocycles. The summed E-state index contributed by atoms with van der Waals surface area (Å²) >= 11 is 0. The van der Waals surface area contributed by atoms with Crippen LogP contribution in [-0.4, -0.2) is 36.0 Å².